The number of amides is 3. The summed E-state index contributed by atoms with van der Waals surface area (Å²) in [7, 11) is 0. The van der Waals surface area contributed by atoms with E-state index in [1.54, 1.807) is 0 Å². The minimum atomic E-state index is -4.69. The fourth-order valence-electron chi connectivity index (χ4n) is 8.17. The van der Waals surface area contributed by atoms with Gasteiger partial charge >= 0.3 is 12.2 Å². The first-order valence-corrected chi connectivity index (χ1v) is 18.7. The van der Waals surface area contributed by atoms with Crippen molar-refractivity contribution in [1.29, 1.82) is 0 Å². The Morgan fingerprint density at radius 1 is 0.981 bits per heavy atom. The second kappa shape index (κ2) is 15.4. The number of likely N-dealkylation sites (tertiary alicyclic amines) is 2. The third-order valence-electron chi connectivity index (χ3n) is 10.9. The smallest absolute Gasteiger partial charge is 0.397 e. The maximum absolute atomic E-state index is 14.1. The van der Waals surface area contributed by atoms with Crippen molar-refractivity contribution in [1.82, 2.24) is 24.3 Å². The molecule has 1 unspecified atom stereocenters. The molecular weight excluding hydrogens is 691 g/mol. The zero-order chi connectivity index (χ0) is 36.4. The SMILES string of the molecule is Nc1c(Cl)cc(CC(CC(=O)N2CCC(N3CCc4ccccc4NC3=O)CC2)c2nc3ccccc3n2CCCN2CCCC2)cc1C(F)(F)F. The van der Waals surface area contributed by atoms with Crippen LogP contribution in [0.15, 0.2) is 60.7 Å². The topological polar surface area (TPSA) is 99.7 Å². The summed E-state index contributed by atoms with van der Waals surface area (Å²) in [5, 5.41) is 2.88. The fraction of sp³-hybridized carbons (Fsp3) is 0.462. The van der Waals surface area contributed by atoms with Crippen LogP contribution in [0.4, 0.5) is 29.3 Å². The van der Waals surface area contributed by atoms with Gasteiger partial charge in [0, 0.05) is 50.2 Å². The fourth-order valence-corrected chi connectivity index (χ4v) is 8.41. The van der Waals surface area contributed by atoms with E-state index in [0.29, 0.717) is 50.4 Å². The number of rotatable bonds is 10. The Kier molecular flexibility index (Phi) is 10.7. The van der Waals surface area contributed by atoms with Crippen molar-refractivity contribution in [3.8, 4) is 0 Å². The van der Waals surface area contributed by atoms with Crippen LogP contribution < -0.4 is 11.1 Å². The number of piperidine rings is 1. The molecule has 4 aromatic rings. The highest BCUT2D eigenvalue weighted by Crippen LogP contribution is 2.39. The normalized spacial score (nSPS) is 18.0. The summed E-state index contributed by atoms with van der Waals surface area (Å²) < 4.78 is 44.2. The maximum Gasteiger partial charge on any atom is 0.418 e. The molecule has 0 spiro atoms. The molecule has 4 heterocycles. The molecule has 3 aliphatic rings. The highest BCUT2D eigenvalue weighted by molar-refractivity contribution is 6.33. The first-order valence-electron chi connectivity index (χ1n) is 18.3. The monoisotopic (exact) mass is 735 g/mol. The number of aryl methyl sites for hydroxylation is 1. The molecule has 0 aliphatic carbocycles. The van der Waals surface area contributed by atoms with Gasteiger partial charge < -0.3 is 30.3 Å². The summed E-state index contributed by atoms with van der Waals surface area (Å²) in [5.74, 6) is 0.0534. The van der Waals surface area contributed by atoms with Gasteiger partial charge in [-0.15, -0.1) is 0 Å². The number of nitrogens with one attached hydrogen (secondary N) is 1. The Labute approximate surface area is 306 Å². The molecule has 0 bridgehead atoms. The second-order valence-electron chi connectivity index (χ2n) is 14.3. The Morgan fingerprint density at radius 2 is 1.71 bits per heavy atom. The van der Waals surface area contributed by atoms with Crippen LogP contribution in [0.5, 0.6) is 0 Å². The van der Waals surface area contributed by atoms with Gasteiger partial charge in [-0.3, -0.25) is 4.79 Å². The third-order valence-corrected chi connectivity index (χ3v) is 11.2. The van der Waals surface area contributed by atoms with Gasteiger partial charge in [0.1, 0.15) is 5.82 Å². The highest BCUT2D eigenvalue weighted by atomic mass is 35.5. The number of imidazole rings is 1. The van der Waals surface area contributed by atoms with Crippen LogP contribution in [0, 0.1) is 0 Å². The Morgan fingerprint density at radius 3 is 2.48 bits per heavy atom. The van der Waals surface area contributed by atoms with E-state index in [4.69, 9.17) is 22.3 Å². The lowest BCUT2D eigenvalue weighted by Crippen LogP contribution is -2.50. The van der Waals surface area contributed by atoms with Crippen molar-refractivity contribution in [3.63, 3.8) is 0 Å². The van der Waals surface area contributed by atoms with Gasteiger partial charge in [-0.1, -0.05) is 41.9 Å². The van der Waals surface area contributed by atoms with Gasteiger partial charge in [-0.25, -0.2) is 9.78 Å². The van der Waals surface area contributed by atoms with Crippen molar-refractivity contribution in [2.45, 2.75) is 76.0 Å². The first kappa shape index (κ1) is 36.1. The lowest BCUT2D eigenvalue weighted by Gasteiger charge is -2.38. The van der Waals surface area contributed by atoms with E-state index in [-0.39, 0.29) is 35.8 Å². The van der Waals surface area contributed by atoms with E-state index >= 15 is 0 Å². The number of para-hydroxylation sites is 3. The van der Waals surface area contributed by atoms with Gasteiger partial charge in [0.05, 0.1) is 27.3 Å². The lowest BCUT2D eigenvalue weighted by atomic mass is 9.92. The Bertz CT molecular complexity index is 1920. The van der Waals surface area contributed by atoms with E-state index in [2.05, 4.69) is 14.8 Å². The largest absolute Gasteiger partial charge is 0.418 e. The number of carbonyl (C=O) groups excluding carboxylic acids is 2. The van der Waals surface area contributed by atoms with E-state index in [1.807, 2.05) is 58.3 Å². The number of nitrogens with two attached hydrogens (primary N) is 1. The minimum Gasteiger partial charge on any atom is -0.397 e. The summed E-state index contributed by atoms with van der Waals surface area (Å²) in [6.07, 6.45) is 0.792. The summed E-state index contributed by atoms with van der Waals surface area (Å²) in [5.41, 5.74) is 8.27. The lowest BCUT2D eigenvalue weighted by molar-refractivity contribution is -0.137. The molecule has 0 radical (unpaired) electrons. The van der Waals surface area contributed by atoms with Crippen LogP contribution in [0.1, 0.15) is 67.0 Å². The molecule has 2 fully saturated rings. The molecule has 3 amide bonds. The number of aromatic nitrogens is 2. The number of urea groups is 1. The zero-order valence-electron chi connectivity index (χ0n) is 29.2. The minimum absolute atomic E-state index is 0.00771. The van der Waals surface area contributed by atoms with Gasteiger partial charge in [-0.2, -0.15) is 13.2 Å². The number of nitrogen functional groups attached to an aromatic ring is 1. The number of nitrogens with zero attached hydrogens (tertiary/aromatic N) is 5. The molecule has 3 aliphatic heterocycles. The molecular formula is C39H45ClF3N7O2. The van der Waals surface area contributed by atoms with Crippen LogP contribution in [0.3, 0.4) is 0 Å². The molecule has 7 rings (SSSR count). The number of benzene rings is 3. The number of fused-ring (bicyclic) bond motifs is 2. The highest BCUT2D eigenvalue weighted by Gasteiger charge is 2.36. The number of anilines is 2. The quantitative estimate of drug-likeness (QED) is 0.164. The summed E-state index contributed by atoms with van der Waals surface area (Å²) in [6.45, 7) is 5.33. The Balaban J connectivity index is 1.12. The van der Waals surface area contributed by atoms with Crippen molar-refractivity contribution >= 4 is 45.9 Å². The van der Waals surface area contributed by atoms with Gasteiger partial charge in [-0.05, 0) is 106 Å². The summed E-state index contributed by atoms with van der Waals surface area (Å²) in [4.78, 5) is 38.5. The molecule has 9 nitrogen and oxygen atoms in total. The molecule has 2 saturated heterocycles. The van der Waals surface area contributed by atoms with Crippen LogP contribution >= 0.6 is 11.6 Å². The van der Waals surface area contributed by atoms with Gasteiger partial charge in [0.2, 0.25) is 5.91 Å². The molecule has 276 valence electrons. The first-order chi connectivity index (χ1) is 25.0. The average Bonchev–Trinajstić information content (AvgIpc) is 3.74. The number of hydrogen-bond donors (Lipinski definition) is 2. The van der Waals surface area contributed by atoms with Crippen molar-refractivity contribution in [3.05, 3.63) is 88.2 Å². The zero-order valence-corrected chi connectivity index (χ0v) is 29.9. The van der Waals surface area contributed by atoms with E-state index < -0.39 is 23.3 Å². The van der Waals surface area contributed by atoms with E-state index in [1.165, 1.54) is 18.9 Å². The molecule has 1 aromatic heterocycles. The van der Waals surface area contributed by atoms with Crippen LogP contribution in [-0.2, 0) is 30.4 Å². The molecule has 13 heteroatoms. The van der Waals surface area contributed by atoms with E-state index in [9.17, 15) is 22.8 Å². The Hall–Kier alpha value is -4.29. The number of hydrogen-bond acceptors (Lipinski definition) is 5. The van der Waals surface area contributed by atoms with Crippen LogP contribution in [-0.4, -0.2) is 81.5 Å². The molecule has 1 atom stereocenters. The predicted molar refractivity (Wildman–Crippen MR) is 197 cm³/mol. The maximum atomic E-state index is 14.1. The summed E-state index contributed by atoms with van der Waals surface area (Å²) >= 11 is 6.27. The molecule has 52 heavy (non-hydrogen) atoms. The second-order valence-corrected chi connectivity index (χ2v) is 14.7. The number of alkyl halides is 3. The molecule has 0 saturated carbocycles. The average molecular weight is 736 g/mol. The van der Waals surface area contributed by atoms with Crippen LogP contribution in [0.25, 0.3) is 11.0 Å². The van der Waals surface area contributed by atoms with Crippen molar-refractivity contribution in [2.24, 2.45) is 0 Å². The van der Waals surface area contributed by atoms with Gasteiger partial charge in [0.25, 0.3) is 0 Å². The number of carbonyl (C=O) groups is 2. The van der Waals surface area contributed by atoms with Gasteiger partial charge in [0.15, 0.2) is 0 Å². The van der Waals surface area contributed by atoms with Crippen molar-refractivity contribution < 1.29 is 22.8 Å². The third kappa shape index (κ3) is 7.88. The summed E-state index contributed by atoms with van der Waals surface area (Å²) in [6, 6.07) is 18.0. The van der Waals surface area contributed by atoms with Crippen molar-refractivity contribution in [2.75, 3.05) is 50.3 Å². The standard InChI is InChI=1S/C39H45ClF3N7O2/c40-31-24-26(23-30(36(31)44)39(41,42)43)22-28(37-45-33-10-3-4-11-34(33)50(37)18-7-17-47-15-5-6-16-47)25-35(51)48-19-13-29(14-20-48)49-21-12-27-8-1-2-9-32(27)46-38(49)52/h1-4,8-11,23-24,28-29H,5-7,12-22,25,44H2,(H,46,52). The predicted octanol–water partition coefficient (Wildman–Crippen LogP) is 7.57. The number of halogens is 4. The van der Waals surface area contributed by atoms with E-state index in [0.717, 1.165) is 60.8 Å². The molecule has 3 N–H and O–H groups in total. The van der Waals surface area contributed by atoms with Crippen LogP contribution in [0.2, 0.25) is 5.02 Å². The molecule has 3 aromatic carbocycles.